The van der Waals surface area contributed by atoms with E-state index in [9.17, 15) is 0 Å². The van der Waals surface area contributed by atoms with E-state index in [1.54, 1.807) is 0 Å². The van der Waals surface area contributed by atoms with Crippen molar-refractivity contribution in [3.63, 3.8) is 0 Å². The minimum Gasteiger partial charge on any atom is -0.376 e. The maximum atomic E-state index is 5.78. The predicted octanol–water partition coefficient (Wildman–Crippen LogP) is 3.70. The monoisotopic (exact) mass is 312 g/mol. The number of benzene rings is 1. The van der Waals surface area contributed by atoms with Crippen LogP contribution in [-0.4, -0.2) is 24.3 Å². The first-order valence-electron chi connectivity index (χ1n) is 8.24. The van der Waals surface area contributed by atoms with Gasteiger partial charge in [-0.15, -0.1) is 0 Å². The number of nitrogens with zero attached hydrogens (tertiary/aromatic N) is 1. The Kier molecular flexibility index (Phi) is 5.61. The lowest BCUT2D eigenvalue weighted by Gasteiger charge is -2.11. The van der Waals surface area contributed by atoms with E-state index >= 15 is 0 Å². The summed E-state index contributed by atoms with van der Waals surface area (Å²) in [5.74, 6) is 0.907. The van der Waals surface area contributed by atoms with E-state index in [0.29, 0.717) is 13.2 Å². The molecule has 1 saturated heterocycles. The van der Waals surface area contributed by atoms with Crippen molar-refractivity contribution >= 4 is 5.82 Å². The van der Waals surface area contributed by atoms with Crippen molar-refractivity contribution in [2.24, 2.45) is 0 Å². The van der Waals surface area contributed by atoms with Crippen LogP contribution in [0.3, 0.4) is 0 Å². The van der Waals surface area contributed by atoms with Crippen LogP contribution in [0.5, 0.6) is 0 Å². The van der Waals surface area contributed by atoms with Crippen LogP contribution in [0.1, 0.15) is 29.7 Å². The molecular weight excluding hydrogens is 288 g/mol. The van der Waals surface area contributed by atoms with Crippen molar-refractivity contribution in [2.45, 2.75) is 39.0 Å². The van der Waals surface area contributed by atoms with Crippen LogP contribution in [0.15, 0.2) is 42.5 Å². The van der Waals surface area contributed by atoms with E-state index in [2.05, 4.69) is 34.6 Å². The van der Waals surface area contributed by atoms with Gasteiger partial charge in [0.25, 0.3) is 0 Å². The number of aromatic nitrogens is 1. The van der Waals surface area contributed by atoms with Crippen LogP contribution in [-0.2, 0) is 22.6 Å². The standard InChI is InChI=1S/C19H24N2O2/c1-15-5-2-9-19(21-15)20-12-16-6-3-7-17(11-16)13-22-14-18-8-4-10-23-18/h2-3,5-7,9,11,18H,4,8,10,12-14H2,1H3,(H,20,21). The third-order valence-electron chi connectivity index (χ3n) is 3.95. The molecule has 1 N–H and O–H groups in total. The molecular formula is C19H24N2O2. The number of pyridine rings is 1. The van der Waals surface area contributed by atoms with E-state index in [-0.39, 0.29) is 6.10 Å². The highest BCUT2D eigenvalue weighted by atomic mass is 16.5. The zero-order valence-corrected chi connectivity index (χ0v) is 13.6. The molecule has 0 spiro atoms. The molecule has 0 radical (unpaired) electrons. The third-order valence-corrected chi connectivity index (χ3v) is 3.95. The largest absolute Gasteiger partial charge is 0.376 e. The van der Waals surface area contributed by atoms with Gasteiger partial charge in [-0.3, -0.25) is 0 Å². The van der Waals surface area contributed by atoms with Crippen molar-refractivity contribution in [3.8, 4) is 0 Å². The normalized spacial score (nSPS) is 17.3. The summed E-state index contributed by atoms with van der Waals surface area (Å²) in [5.41, 5.74) is 3.44. The third kappa shape index (κ3) is 5.05. The molecule has 1 aromatic heterocycles. The molecule has 1 unspecified atom stereocenters. The maximum Gasteiger partial charge on any atom is 0.126 e. The summed E-state index contributed by atoms with van der Waals surface area (Å²) in [5, 5.41) is 3.36. The zero-order valence-electron chi connectivity index (χ0n) is 13.6. The van der Waals surface area contributed by atoms with Crippen LogP contribution in [0.4, 0.5) is 5.82 Å². The van der Waals surface area contributed by atoms with Gasteiger partial charge in [0.05, 0.1) is 19.3 Å². The number of anilines is 1. The minimum atomic E-state index is 0.284. The molecule has 2 aromatic rings. The van der Waals surface area contributed by atoms with Crippen LogP contribution in [0.2, 0.25) is 0 Å². The first-order chi connectivity index (χ1) is 11.3. The Morgan fingerprint density at radius 1 is 1.22 bits per heavy atom. The van der Waals surface area contributed by atoms with Gasteiger partial charge in [-0.05, 0) is 43.0 Å². The Hall–Kier alpha value is -1.91. The first-order valence-corrected chi connectivity index (χ1v) is 8.24. The van der Waals surface area contributed by atoms with Gasteiger partial charge in [0.1, 0.15) is 5.82 Å². The van der Waals surface area contributed by atoms with Gasteiger partial charge in [0, 0.05) is 18.8 Å². The summed E-state index contributed by atoms with van der Waals surface area (Å²) >= 11 is 0. The Morgan fingerprint density at radius 2 is 2.09 bits per heavy atom. The van der Waals surface area contributed by atoms with E-state index in [1.807, 2.05) is 25.1 Å². The molecule has 4 nitrogen and oxygen atoms in total. The molecule has 3 rings (SSSR count). The molecule has 2 heterocycles. The van der Waals surface area contributed by atoms with Crippen molar-refractivity contribution < 1.29 is 9.47 Å². The van der Waals surface area contributed by atoms with E-state index in [0.717, 1.165) is 37.5 Å². The van der Waals surface area contributed by atoms with Crippen LogP contribution < -0.4 is 5.32 Å². The summed E-state index contributed by atoms with van der Waals surface area (Å²) in [6, 6.07) is 14.5. The van der Waals surface area contributed by atoms with E-state index in [1.165, 1.54) is 11.1 Å². The lowest BCUT2D eigenvalue weighted by molar-refractivity contribution is 0.0106. The molecule has 0 amide bonds. The fourth-order valence-electron chi connectivity index (χ4n) is 2.75. The highest BCUT2D eigenvalue weighted by Crippen LogP contribution is 2.14. The van der Waals surface area contributed by atoms with Crippen molar-refractivity contribution in [2.75, 3.05) is 18.5 Å². The number of hydrogen-bond donors (Lipinski definition) is 1. The van der Waals surface area contributed by atoms with E-state index < -0.39 is 0 Å². The molecule has 1 fully saturated rings. The second kappa shape index (κ2) is 8.09. The maximum absolute atomic E-state index is 5.78. The molecule has 23 heavy (non-hydrogen) atoms. The average molecular weight is 312 g/mol. The molecule has 4 heteroatoms. The van der Waals surface area contributed by atoms with Gasteiger partial charge in [-0.25, -0.2) is 4.98 Å². The van der Waals surface area contributed by atoms with Gasteiger partial charge in [0.2, 0.25) is 0 Å². The first kappa shape index (κ1) is 16.0. The van der Waals surface area contributed by atoms with E-state index in [4.69, 9.17) is 9.47 Å². The molecule has 0 aliphatic carbocycles. The second-order valence-electron chi connectivity index (χ2n) is 5.99. The molecule has 0 saturated carbocycles. The minimum absolute atomic E-state index is 0.284. The quantitative estimate of drug-likeness (QED) is 0.846. The number of hydrogen-bond acceptors (Lipinski definition) is 4. The molecule has 122 valence electrons. The zero-order chi connectivity index (χ0) is 15.9. The van der Waals surface area contributed by atoms with Gasteiger partial charge in [-0.2, -0.15) is 0 Å². The fourth-order valence-corrected chi connectivity index (χ4v) is 2.75. The van der Waals surface area contributed by atoms with Crippen molar-refractivity contribution in [1.29, 1.82) is 0 Å². The highest BCUT2D eigenvalue weighted by Gasteiger charge is 2.15. The van der Waals surface area contributed by atoms with Crippen LogP contribution in [0, 0.1) is 6.92 Å². The SMILES string of the molecule is Cc1cccc(NCc2cccc(COCC3CCCO3)c2)n1. The summed E-state index contributed by atoms with van der Waals surface area (Å²) < 4.78 is 11.3. The van der Waals surface area contributed by atoms with Gasteiger partial charge in [-0.1, -0.05) is 30.3 Å². The fraction of sp³-hybridized carbons (Fsp3) is 0.421. The summed E-state index contributed by atoms with van der Waals surface area (Å²) in [7, 11) is 0. The molecule has 1 aliphatic heterocycles. The van der Waals surface area contributed by atoms with Crippen molar-refractivity contribution in [1.82, 2.24) is 4.98 Å². The van der Waals surface area contributed by atoms with Crippen LogP contribution in [0.25, 0.3) is 0 Å². The van der Waals surface area contributed by atoms with Crippen molar-refractivity contribution in [3.05, 3.63) is 59.3 Å². The van der Waals surface area contributed by atoms with Crippen LogP contribution >= 0.6 is 0 Å². The number of aryl methyl sites for hydroxylation is 1. The number of nitrogens with one attached hydrogen (secondary N) is 1. The Labute approximate surface area is 137 Å². The predicted molar refractivity (Wildman–Crippen MR) is 91.4 cm³/mol. The highest BCUT2D eigenvalue weighted by molar-refractivity contribution is 5.36. The Morgan fingerprint density at radius 3 is 2.91 bits per heavy atom. The average Bonchev–Trinajstić information content (AvgIpc) is 3.07. The molecule has 1 aromatic carbocycles. The second-order valence-corrected chi connectivity index (χ2v) is 5.99. The lowest BCUT2D eigenvalue weighted by atomic mass is 10.1. The Balaban J connectivity index is 1.48. The van der Waals surface area contributed by atoms with Gasteiger partial charge in [0.15, 0.2) is 0 Å². The Bertz CT molecular complexity index is 624. The van der Waals surface area contributed by atoms with Gasteiger partial charge >= 0.3 is 0 Å². The summed E-state index contributed by atoms with van der Waals surface area (Å²) in [4.78, 5) is 4.45. The summed E-state index contributed by atoms with van der Waals surface area (Å²) in [6.45, 7) is 4.96. The molecule has 1 atom stereocenters. The molecule has 0 bridgehead atoms. The molecule has 1 aliphatic rings. The number of ether oxygens (including phenoxy) is 2. The lowest BCUT2D eigenvalue weighted by Crippen LogP contribution is -2.13. The smallest absolute Gasteiger partial charge is 0.126 e. The summed E-state index contributed by atoms with van der Waals surface area (Å²) in [6.07, 6.45) is 2.56. The van der Waals surface area contributed by atoms with Gasteiger partial charge < -0.3 is 14.8 Å². The topological polar surface area (TPSA) is 43.4 Å². The number of rotatable bonds is 7.